The van der Waals surface area contributed by atoms with E-state index in [9.17, 15) is 14.4 Å². The molecule has 7 nitrogen and oxygen atoms in total. The van der Waals surface area contributed by atoms with Crippen LogP contribution in [0.3, 0.4) is 0 Å². The monoisotopic (exact) mass is 461 g/mol. The molecule has 1 aliphatic heterocycles. The molecule has 0 radical (unpaired) electrons. The second-order valence-electron chi connectivity index (χ2n) is 6.70. The normalized spacial score (nSPS) is 14.9. The van der Waals surface area contributed by atoms with Crippen LogP contribution in [0.15, 0.2) is 41.3 Å². The number of hydrogen-bond donors (Lipinski definition) is 1. The van der Waals surface area contributed by atoms with Crippen LogP contribution in [0.25, 0.3) is 6.08 Å². The lowest BCUT2D eigenvalue weighted by molar-refractivity contribution is -0.140. The first-order chi connectivity index (χ1) is 14.8. The molecule has 0 saturated carbocycles. The second kappa shape index (κ2) is 9.89. The number of carboxylic acid groups (broad SMARTS) is 1. The zero-order valence-corrected chi connectivity index (χ0v) is 18.5. The Bertz CT molecular complexity index is 1050. The average molecular weight is 462 g/mol. The Morgan fingerprint density at radius 3 is 2.55 bits per heavy atom. The van der Waals surface area contributed by atoms with Crippen LogP contribution in [-0.2, 0) is 16.2 Å². The summed E-state index contributed by atoms with van der Waals surface area (Å²) in [6.45, 7) is 3.81. The van der Waals surface area contributed by atoms with E-state index >= 15 is 0 Å². The Morgan fingerprint density at radius 1 is 1.19 bits per heavy atom. The number of rotatable bonds is 8. The summed E-state index contributed by atoms with van der Waals surface area (Å²) >= 11 is 7.11. The Balaban J connectivity index is 1.85. The highest BCUT2D eigenvalue weighted by molar-refractivity contribution is 8.18. The van der Waals surface area contributed by atoms with Crippen molar-refractivity contribution in [2.75, 3.05) is 13.2 Å². The molecule has 31 heavy (non-hydrogen) atoms. The second-order valence-corrected chi connectivity index (χ2v) is 8.10. The van der Waals surface area contributed by atoms with Crippen molar-refractivity contribution in [1.29, 1.82) is 0 Å². The minimum absolute atomic E-state index is 0.109. The SMILES string of the molecule is CCOc1cc(/C=C2/SC(=O)N(CC(=O)O)C2=O)cc(Cl)c1OCc1ccc(C)cc1. The molecule has 0 aromatic heterocycles. The standard InChI is InChI=1S/C22H20ClNO6S/c1-3-29-17-9-15(10-18-21(27)24(11-19(25)26)22(28)31-18)8-16(23)20(17)30-12-14-6-4-13(2)5-7-14/h4-10H,3,11-12H2,1-2H3,(H,25,26)/b18-10+. The number of ether oxygens (including phenoxy) is 2. The van der Waals surface area contributed by atoms with Gasteiger partial charge in [0.25, 0.3) is 11.1 Å². The molecule has 1 saturated heterocycles. The zero-order chi connectivity index (χ0) is 22.5. The lowest BCUT2D eigenvalue weighted by atomic mass is 10.1. The van der Waals surface area contributed by atoms with E-state index in [1.54, 1.807) is 12.1 Å². The number of carboxylic acids is 1. The minimum atomic E-state index is -1.26. The molecule has 3 rings (SSSR count). The van der Waals surface area contributed by atoms with Crippen molar-refractivity contribution in [2.24, 2.45) is 0 Å². The number of amides is 2. The van der Waals surface area contributed by atoms with E-state index in [0.717, 1.165) is 11.1 Å². The van der Waals surface area contributed by atoms with Crippen LogP contribution in [0.4, 0.5) is 4.79 Å². The molecule has 0 unspecified atom stereocenters. The van der Waals surface area contributed by atoms with Crippen LogP contribution < -0.4 is 9.47 Å². The average Bonchev–Trinajstić information content (AvgIpc) is 2.96. The van der Waals surface area contributed by atoms with Crippen molar-refractivity contribution in [1.82, 2.24) is 4.90 Å². The van der Waals surface area contributed by atoms with Gasteiger partial charge in [0.2, 0.25) is 0 Å². The molecule has 1 fully saturated rings. The van der Waals surface area contributed by atoms with Gasteiger partial charge in [0.1, 0.15) is 13.2 Å². The molecule has 0 atom stereocenters. The highest BCUT2D eigenvalue weighted by Crippen LogP contribution is 2.39. The molecule has 0 bridgehead atoms. The van der Waals surface area contributed by atoms with E-state index in [2.05, 4.69) is 0 Å². The third-order valence-corrected chi connectivity index (χ3v) is 5.49. The van der Waals surface area contributed by atoms with E-state index in [0.29, 0.717) is 46.9 Å². The van der Waals surface area contributed by atoms with Gasteiger partial charge < -0.3 is 14.6 Å². The van der Waals surface area contributed by atoms with Crippen molar-refractivity contribution in [2.45, 2.75) is 20.5 Å². The van der Waals surface area contributed by atoms with Crippen LogP contribution in [0.2, 0.25) is 5.02 Å². The van der Waals surface area contributed by atoms with Gasteiger partial charge in [0.15, 0.2) is 11.5 Å². The van der Waals surface area contributed by atoms with E-state index < -0.39 is 23.7 Å². The predicted molar refractivity (Wildman–Crippen MR) is 118 cm³/mol. The Labute approximate surface area is 188 Å². The highest BCUT2D eigenvalue weighted by Gasteiger charge is 2.36. The molecule has 0 spiro atoms. The summed E-state index contributed by atoms with van der Waals surface area (Å²) in [7, 11) is 0. The fourth-order valence-corrected chi connectivity index (χ4v) is 3.95. The number of thioether (sulfide) groups is 1. The molecular weight excluding hydrogens is 442 g/mol. The van der Waals surface area contributed by atoms with E-state index in [4.69, 9.17) is 26.2 Å². The van der Waals surface area contributed by atoms with Gasteiger partial charge in [-0.1, -0.05) is 41.4 Å². The fourth-order valence-electron chi connectivity index (χ4n) is 2.84. The van der Waals surface area contributed by atoms with Crippen LogP contribution in [0, 0.1) is 6.92 Å². The van der Waals surface area contributed by atoms with Gasteiger partial charge in [-0.05, 0) is 54.9 Å². The topological polar surface area (TPSA) is 93.1 Å². The van der Waals surface area contributed by atoms with Gasteiger partial charge in [-0.25, -0.2) is 0 Å². The van der Waals surface area contributed by atoms with Crippen LogP contribution >= 0.6 is 23.4 Å². The quantitative estimate of drug-likeness (QED) is 0.567. The van der Waals surface area contributed by atoms with Gasteiger partial charge in [0, 0.05) is 0 Å². The summed E-state index contributed by atoms with van der Waals surface area (Å²) in [5.41, 5.74) is 2.64. The smallest absolute Gasteiger partial charge is 0.323 e. The molecule has 1 heterocycles. The van der Waals surface area contributed by atoms with Gasteiger partial charge in [-0.15, -0.1) is 0 Å². The molecular formula is C22H20ClNO6S. The first kappa shape index (κ1) is 22.7. The number of hydrogen-bond acceptors (Lipinski definition) is 6. The van der Waals surface area contributed by atoms with Crippen molar-refractivity contribution in [3.05, 3.63) is 63.0 Å². The number of aliphatic carboxylic acids is 1. The highest BCUT2D eigenvalue weighted by atomic mass is 35.5. The van der Waals surface area contributed by atoms with E-state index in [-0.39, 0.29) is 9.93 Å². The maximum absolute atomic E-state index is 12.4. The Hall–Kier alpha value is -2.97. The maximum Gasteiger partial charge on any atom is 0.323 e. The maximum atomic E-state index is 12.4. The Morgan fingerprint density at radius 2 is 1.90 bits per heavy atom. The number of aryl methyl sites for hydroxylation is 1. The third-order valence-electron chi connectivity index (χ3n) is 4.30. The summed E-state index contributed by atoms with van der Waals surface area (Å²) in [6, 6.07) is 11.2. The van der Waals surface area contributed by atoms with E-state index in [1.807, 2.05) is 38.1 Å². The first-order valence-corrected chi connectivity index (χ1v) is 10.6. The van der Waals surface area contributed by atoms with Crippen LogP contribution in [0.5, 0.6) is 11.5 Å². The number of nitrogens with zero attached hydrogens (tertiary/aromatic N) is 1. The number of imide groups is 1. The number of carbonyl (C=O) groups is 3. The predicted octanol–water partition coefficient (Wildman–Crippen LogP) is 4.75. The molecule has 2 aromatic carbocycles. The molecule has 162 valence electrons. The van der Waals surface area contributed by atoms with Crippen molar-refractivity contribution in [3.63, 3.8) is 0 Å². The van der Waals surface area contributed by atoms with Gasteiger partial charge in [0.05, 0.1) is 16.5 Å². The molecule has 1 aliphatic rings. The Kier molecular flexibility index (Phi) is 7.25. The van der Waals surface area contributed by atoms with Crippen molar-refractivity contribution < 1.29 is 29.0 Å². The van der Waals surface area contributed by atoms with Gasteiger partial charge >= 0.3 is 5.97 Å². The largest absolute Gasteiger partial charge is 0.490 e. The third kappa shape index (κ3) is 5.59. The summed E-state index contributed by atoms with van der Waals surface area (Å²) in [6.07, 6.45) is 1.48. The zero-order valence-electron chi connectivity index (χ0n) is 16.9. The molecule has 2 amide bonds. The summed E-state index contributed by atoms with van der Waals surface area (Å²) in [5, 5.41) is 8.53. The van der Waals surface area contributed by atoms with Crippen LogP contribution in [-0.4, -0.2) is 40.3 Å². The lowest BCUT2D eigenvalue weighted by Gasteiger charge is -2.15. The van der Waals surface area contributed by atoms with Gasteiger partial charge in [-0.3, -0.25) is 19.3 Å². The van der Waals surface area contributed by atoms with Crippen molar-refractivity contribution >= 4 is 46.6 Å². The number of carbonyl (C=O) groups excluding carboxylic acids is 2. The van der Waals surface area contributed by atoms with Crippen LogP contribution in [0.1, 0.15) is 23.6 Å². The summed E-state index contributed by atoms with van der Waals surface area (Å²) in [5.74, 6) is -1.15. The summed E-state index contributed by atoms with van der Waals surface area (Å²) < 4.78 is 11.6. The molecule has 9 heteroatoms. The summed E-state index contributed by atoms with van der Waals surface area (Å²) in [4.78, 5) is 36.0. The van der Waals surface area contributed by atoms with Crippen molar-refractivity contribution in [3.8, 4) is 11.5 Å². The molecule has 0 aliphatic carbocycles. The molecule has 2 aromatic rings. The minimum Gasteiger partial charge on any atom is -0.490 e. The number of halogens is 1. The first-order valence-electron chi connectivity index (χ1n) is 9.40. The van der Waals surface area contributed by atoms with Gasteiger partial charge in [-0.2, -0.15) is 0 Å². The molecule has 1 N–H and O–H groups in total. The van der Waals surface area contributed by atoms with E-state index in [1.165, 1.54) is 6.08 Å². The fraction of sp³-hybridized carbons (Fsp3) is 0.227. The number of benzene rings is 2. The lowest BCUT2D eigenvalue weighted by Crippen LogP contribution is -2.33.